The van der Waals surface area contributed by atoms with Crippen LogP contribution in [0, 0.1) is 0 Å². The van der Waals surface area contributed by atoms with Crippen molar-refractivity contribution in [3.8, 4) is 0 Å². The highest BCUT2D eigenvalue weighted by molar-refractivity contribution is 7.66. The molecule has 0 radical (unpaired) electrons. The molecule has 1 aliphatic rings. The van der Waals surface area contributed by atoms with E-state index in [4.69, 9.17) is 18.5 Å². The SMILES string of the molecule is O=C(Nc1ccn([C@H]2C[C@@H](OC(=O)c3ccccc3)[C@@H](COP(=O)(O)OP(=O)(O)OP(=O)(O)OCc3ccc4ccccc4c3)O2)c(=O)n1)c1ccccc1. The Labute approximate surface area is 312 Å². The molecule has 1 aliphatic heterocycles. The van der Waals surface area contributed by atoms with Gasteiger partial charge in [0.25, 0.3) is 5.91 Å². The van der Waals surface area contributed by atoms with E-state index in [-0.39, 0.29) is 17.8 Å². The molecule has 55 heavy (non-hydrogen) atoms. The summed E-state index contributed by atoms with van der Waals surface area (Å²) in [4.78, 5) is 72.8. The lowest BCUT2D eigenvalue weighted by molar-refractivity contribution is -0.0511. The first kappa shape index (κ1) is 40.0. The average molecular weight is 816 g/mol. The number of nitrogens with zero attached hydrogens (tertiary/aromatic N) is 2. The Bertz CT molecular complexity index is 2380. The summed E-state index contributed by atoms with van der Waals surface area (Å²) in [6, 6.07) is 29.5. The van der Waals surface area contributed by atoms with Crippen LogP contribution in [0.2, 0.25) is 0 Å². The summed E-state index contributed by atoms with van der Waals surface area (Å²) >= 11 is 0. The van der Waals surface area contributed by atoms with E-state index in [1.807, 2.05) is 12.1 Å². The number of carbonyl (C=O) groups excluding carboxylic acids is 2. The predicted molar refractivity (Wildman–Crippen MR) is 193 cm³/mol. The maximum absolute atomic E-state index is 13.0. The average Bonchev–Trinajstić information content (AvgIpc) is 3.54. The molecule has 0 aliphatic carbocycles. The third kappa shape index (κ3) is 11.0. The van der Waals surface area contributed by atoms with Gasteiger partial charge >= 0.3 is 35.1 Å². The Morgan fingerprint density at radius 2 is 1.40 bits per heavy atom. The molecule has 3 unspecified atom stereocenters. The highest BCUT2D eigenvalue weighted by Crippen LogP contribution is 2.68. The molecule has 6 atom stereocenters. The number of anilines is 1. The minimum absolute atomic E-state index is 0.0689. The molecule has 0 bridgehead atoms. The number of hydrogen-bond donors (Lipinski definition) is 4. The third-order valence-electron chi connectivity index (χ3n) is 7.89. The first-order valence-corrected chi connectivity index (χ1v) is 20.7. The molecule has 0 spiro atoms. The number of phosphoric ester groups is 2. The van der Waals surface area contributed by atoms with Crippen molar-refractivity contribution in [2.24, 2.45) is 0 Å². The van der Waals surface area contributed by atoms with Gasteiger partial charge in [0.15, 0.2) is 0 Å². The first-order chi connectivity index (χ1) is 26.2. The second kappa shape index (κ2) is 17.0. The van der Waals surface area contributed by atoms with Crippen molar-refractivity contribution in [2.45, 2.75) is 31.5 Å². The molecule has 1 amide bonds. The summed E-state index contributed by atoms with van der Waals surface area (Å²) in [6.07, 6.45) is -2.76. The van der Waals surface area contributed by atoms with E-state index in [1.165, 1.54) is 24.4 Å². The van der Waals surface area contributed by atoms with Crippen molar-refractivity contribution in [3.63, 3.8) is 0 Å². The lowest BCUT2D eigenvalue weighted by Gasteiger charge is -2.21. The van der Waals surface area contributed by atoms with Crippen molar-refractivity contribution < 1.29 is 65.1 Å². The molecule has 4 N–H and O–H groups in total. The maximum atomic E-state index is 13.0. The molecule has 1 fully saturated rings. The van der Waals surface area contributed by atoms with Crippen molar-refractivity contribution in [1.82, 2.24) is 9.55 Å². The number of phosphoric acid groups is 3. The molecule has 288 valence electrons. The summed E-state index contributed by atoms with van der Waals surface area (Å²) in [7, 11) is -16.8. The number of rotatable bonds is 15. The number of ether oxygens (including phenoxy) is 2. The Morgan fingerprint density at radius 1 is 0.782 bits per heavy atom. The monoisotopic (exact) mass is 815 g/mol. The fraction of sp³-hybridized carbons (Fsp3) is 0.176. The minimum atomic E-state index is -5.82. The van der Waals surface area contributed by atoms with Gasteiger partial charge in [-0.1, -0.05) is 72.8 Å². The standard InChI is InChI=1S/C34H32N3O15P3/c38-32(25-10-3-1-4-11-25)35-30-17-18-37(34(40)36-30)31-20-28(50-33(39)26-12-5-2-6-13-26)29(49-31)22-48-54(43,44)52-55(45,46)51-53(41,42)47-21-23-15-16-24-9-7-8-14-27(24)19-23/h1-19,28-29,31H,20-22H2,(H,41,42)(H,43,44)(H,45,46)(H,35,36,38,40)/t28-,29-,31-/m1/s1. The van der Waals surface area contributed by atoms with E-state index < -0.39 is 72.7 Å². The largest absolute Gasteiger partial charge is 0.490 e. The van der Waals surface area contributed by atoms with Crippen molar-refractivity contribution in [1.29, 1.82) is 0 Å². The molecule has 0 saturated carbocycles. The van der Waals surface area contributed by atoms with Gasteiger partial charge in [0.2, 0.25) is 0 Å². The van der Waals surface area contributed by atoms with Crippen LogP contribution in [0.15, 0.2) is 120 Å². The van der Waals surface area contributed by atoms with E-state index in [9.17, 15) is 42.8 Å². The van der Waals surface area contributed by atoms with Gasteiger partial charge in [-0.25, -0.2) is 23.3 Å². The number of esters is 1. The molecule has 18 nitrogen and oxygen atoms in total. The van der Waals surface area contributed by atoms with Crippen LogP contribution in [-0.4, -0.2) is 54.9 Å². The fourth-order valence-electron chi connectivity index (χ4n) is 5.38. The van der Waals surface area contributed by atoms with Crippen molar-refractivity contribution >= 4 is 51.9 Å². The van der Waals surface area contributed by atoms with Crippen molar-refractivity contribution in [3.05, 3.63) is 143 Å². The smallest absolute Gasteiger partial charge is 0.456 e. The lowest BCUT2D eigenvalue weighted by atomic mass is 10.1. The van der Waals surface area contributed by atoms with Crippen LogP contribution in [0.25, 0.3) is 10.8 Å². The summed E-state index contributed by atoms with van der Waals surface area (Å²) in [6.45, 7) is -1.47. The zero-order valence-corrected chi connectivity index (χ0v) is 31.0. The second-order valence-corrected chi connectivity index (χ2v) is 16.5. The molecule has 6 rings (SSSR count). The fourth-order valence-corrected chi connectivity index (χ4v) is 8.88. The summed E-state index contributed by atoms with van der Waals surface area (Å²) in [5, 5.41) is 4.17. The highest BCUT2D eigenvalue weighted by atomic mass is 31.3. The van der Waals surface area contributed by atoms with Gasteiger partial charge in [-0.15, -0.1) is 0 Å². The predicted octanol–water partition coefficient (Wildman–Crippen LogP) is 5.73. The number of hydrogen-bond acceptors (Lipinski definition) is 13. The van der Waals surface area contributed by atoms with E-state index in [1.54, 1.807) is 78.9 Å². The highest BCUT2D eigenvalue weighted by Gasteiger charge is 2.45. The Balaban J connectivity index is 1.10. The quantitative estimate of drug-likeness (QED) is 0.0728. The molecular weight excluding hydrogens is 783 g/mol. The zero-order valence-electron chi connectivity index (χ0n) is 28.3. The summed E-state index contributed by atoms with van der Waals surface area (Å²) in [5.41, 5.74) is -0.00350. The number of fused-ring (bicyclic) bond motifs is 1. The maximum Gasteiger partial charge on any atom is 0.490 e. The van der Waals surface area contributed by atoms with Crippen LogP contribution in [0.3, 0.4) is 0 Å². The zero-order chi connectivity index (χ0) is 39.2. The molecule has 4 aromatic carbocycles. The number of nitrogens with one attached hydrogen (secondary N) is 1. The van der Waals surface area contributed by atoms with Gasteiger partial charge in [-0.2, -0.15) is 13.6 Å². The van der Waals surface area contributed by atoms with Crippen LogP contribution >= 0.6 is 23.5 Å². The molecule has 5 aromatic rings. The van der Waals surface area contributed by atoms with Gasteiger partial charge < -0.3 is 29.5 Å². The van der Waals surface area contributed by atoms with Crippen LogP contribution in [0.5, 0.6) is 0 Å². The van der Waals surface area contributed by atoms with Gasteiger partial charge in [-0.3, -0.25) is 18.4 Å². The topological polar surface area (TPSA) is 248 Å². The number of benzene rings is 4. The third-order valence-corrected chi connectivity index (χ3v) is 12.1. The molecule has 21 heteroatoms. The van der Waals surface area contributed by atoms with Crippen LogP contribution in [0.1, 0.15) is 38.9 Å². The van der Waals surface area contributed by atoms with E-state index in [0.29, 0.717) is 11.1 Å². The molecule has 1 aromatic heterocycles. The van der Waals surface area contributed by atoms with Gasteiger partial charge in [0, 0.05) is 18.2 Å². The number of aromatic nitrogens is 2. The minimum Gasteiger partial charge on any atom is -0.456 e. The van der Waals surface area contributed by atoms with Crippen LogP contribution < -0.4 is 11.0 Å². The van der Waals surface area contributed by atoms with Gasteiger partial charge in [-0.05, 0) is 52.7 Å². The van der Waals surface area contributed by atoms with Crippen molar-refractivity contribution in [2.75, 3.05) is 11.9 Å². The van der Waals surface area contributed by atoms with Crippen LogP contribution in [-0.2, 0) is 47.4 Å². The lowest BCUT2D eigenvalue weighted by Crippen LogP contribution is -2.31. The van der Waals surface area contributed by atoms with Crippen LogP contribution in [0.4, 0.5) is 5.82 Å². The van der Waals surface area contributed by atoms with E-state index in [0.717, 1.165) is 15.3 Å². The first-order valence-electron chi connectivity index (χ1n) is 16.2. The number of amides is 1. The molecule has 2 heterocycles. The Kier molecular flexibility index (Phi) is 12.4. The van der Waals surface area contributed by atoms with E-state index in [2.05, 4.69) is 18.9 Å². The van der Waals surface area contributed by atoms with E-state index >= 15 is 0 Å². The normalized spacial score (nSPS) is 20.2. The van der Waals surface area contributed by atoms with Gasteiger partial charge in [0.05, 0.1) is 18.8 Å². The van der Waals surface area contributed by atoms with Gasteiger partial charge in [0.1, 0.15) is 24.3 Å². The molecule has 1 saturated heterocycles. The number of carbonyl (C=O) groups is 2. The summed E-state index contributed by atoms with van der Waals surface area (Å²) < 4.78 is 68.4. The summed E-state index contributed by atoms with van der Waals surface area (Å²) in [5.74, 6) is -1.40. The second-order valence-electron chi connectivity index (χ2n) is 11.8. The Morgan fingerprint density at radius 3 is 2.07 bits per heavy atom. The molecular formula is C34H32N3O15P3. The Hall–Kier alpha value is -4.67.